The third kappa shape index (κ3) is 5.03. The third-order valence-electron chi connectivity index (χ3n) is 3.69. The Balaban J connectivity index is 2.34. The van der Waals surface area contributed by atoms with Crippen molar-refractivity contribution in [1.82, 2.24) is 0 Å². The van der Waals surface area contributed by atoms with Gasteiger partial charge in [-0.2, -0.15) is 10.5 Å². The average Bonchev–Trinajstić information content (AvgIpc) is 2.95. The van der Waals surface area contributed by atoms with Crippen LogP contribution in [0.3, 0.4) is 0 Å². The molecule has 0 fully saturated rings. The van der Waals surface area contributed by atoms with Gasteiger partial charge in [0.25, 0.3) is 0 Å². The first-order valence-corrected chi connectivity index (χ1v) is 9.90. The number of thiophene rings is 1. The van der Waals surface area contributed by atoms with Crippen LogP contribution in [0.1, 0.15) is 38.2 Å². The number of esters is 1. The van der Waals surface area contributed by atoms with E-state index in [1.54, 1.807) is 13.8 Å². The van der Waals surface area contributed by atoms with Gasteiger partial charge in [-0.05, 0) is 65.8 Å². The van der Waals surface area contributed by atoms with Crippen LogP contribution in [0.25, 0.3) is 6.08 Å². The van der Waals surface area contributed by atoms with Gasteiger partial charge in [0.2, 0.25) is 0 Å². The fourth-order valence-electron chi connectivity index (χ4n) is 2.41. The molecule has 1 aromatic carbocycles. The standard InChI is InChI=1S/C20H15IN2O3S/c1-3-26-20(25)19-12(2)16(11-23)18(27-19)9-17(24)14(10-22)7-13-5-4-6-15(21)8-13/h4-8H,3,9H2,1-2H3/b14-7+. The predicted molar refractivity (Wildman–Crippen MR) is 111 cm³/mol. The number of Topliss-reactive ketones (excluding diaryl/α,β-unsaturated/α-hetero) is 1. The van der Waals surface area contributed by atoms with Gasteiger partial charge < -0.3 is 4.74 Å². The summed E-state index contributed by atoms with van der Waals surface area (Å²) in [6.45, 7) is 3.58. The normalized spacial score (nSPS) is 10.8. The number of nitrogens with zero attached hydrogens (tertiary/aromatic N) is 2. The van der Waals surface area contributed by atoms with Crippen molar-refractivity contribution in [2.75, 3.05) is 6.61 Å². The van der Waals surface area contributed by atoms with E-state index in [4.69, 9.17) is 4.74 Å². The number of benzene rings is 1. The van der Waals surface area contributed by atoms with Crippen LogP contribution in [-0.2, 0) is 16.0 Å². The molecule has 2 aromatic rings. The Morgan fingerprint density at radius 2 is 2.07 bits per heavy atom. The number of carbonyl (C=O) groups is 2. The van der Waals surface area contributed by atoms with Crippen molar-refractivity contribution in [3.05, 3.63) is 59.9 Å². The van der Waals surface area contributed by atoms with Crippen LogP contribution in [0.5, 0.6) is 0 Å². The van der Waals surface area contributed by atoms with E-state index in [9.17, 15) is 20.1 Å². The van der Waals surface area contributed by atoms with E-state index in [1.807, 2.05) is 36.4 Å². The van der Waals surface area contributed by atoms with E-state index in [-0.39, 0.29) is 18.6 Å². The molecule has 7 heteroatoms. The number of hydrogen-bond donors (Lipinski definition) is 0. The summed E-state index contributed by atoms with van der Waals surface area (Å²) in [6.07, 6.45) is 1.42. The molecule has 0 saturated heterocycles. The summed E-state index contributed by atoms with van der Waals surface area (Å²) in [7, 11) is 0. The fourth-order valence-corrected chi connectivity index (χ4v) is 4.13. The van der Waals surface area contributed by atoms with Gasteiger partial charge in [0.05, 0.1) is 17.7 Å². The number of rotatable bonds is 6. The molecule has 2 rings (SSSR count). The zero-order chi connectivity index (χ0) is 20.0. The van der Waals surface area contributed by atoms with Crippen LogP contribution >= 0.6 is 33.9 Å². The monoisotopic (exact) mass is 490 g/mol. The molecule has 1 heterocycles. The molecule has 5 nitrogen and oxygen atoms in total. The maximum Gasteiger partial charge on any atom is 0.348 e. The van der Waals surface area contributed by atoms with Crippen LogP contribution < -0.4 is 0 Å². The van der Waals surface area contributed by atoms with Gasteiger partial charge in [0.15, 0.2) is 5.78 Å². The zero-order valence-corrected chi connectivity index (χ0v) is 17.7. The zero-order valence-electron chi connectivity index (χ0n) is 14.7. The molecule has 27 heavy (non-hydrogen) atoms. The highest BCUT2D eigenvalue weighted by Crippen LogP contribution is 2.29. The lowest BCUT2D eigenvalue weighted by Crippen LogP contribution is -2.05. The largest absolute Gasteiger partial charge is 0.462 e. The minimum atomic E-state index is -0.509. The third-order valence-corrected chi connectivity index (χ3v) is 5.64. The molecular weight excluding hydrogens is 475 g/mol. The van der Waals surface area contributed by atoms with E-state index >= 15 is 0 Å². The molecule has 0 saturated carbocycles. The highest BCUT2D eigenvalue weighted by molar-refractivity contribution is 14.1. The van der Waals surface area contributed by atoms with Crippen molar-refractivity contribution in [3.8, 4) is 12.1 Å². The van der Waals surface area contributed by atoms with Gasteiger partial charge >= 0.3 is 5.97 Å². The van der Waals surface area contributed by atoms with Gasteiger partial charge in [0, 0.05) is 14.9 Å². The molecule has 0 aliphatic rings. The number of ether oxygens (including phenoxy) is 1. The first kappa shape index (κ1) is 20.8. The molecule has 0 radical (unpaired) electrons. The SMILES string of the molecule is CCOC(=O)c1sc(CC(=O)/C(C#N)=C/c2cccc(I)c2)c(C#N)c1C. The quantitative estimate of drug-likeness (QED) is 0.259. The molecular formula is C20H15IN2O3S. The number of nitriles is 2. The van der Waals surface area contributed by atoms with Crippen molar-refractivity contribution < 1.29 is 14.3 Å². The lowest BCUT2D eigenvalue weighted by Gasteiger charge is -2.00. The lowest BCUT2D eigenvalue weighted by molar-refractivity contribution is -0.114. The highest BCUT2D eigenvalue weighted by atomic mass is 127. The van der Waals surface area contributed by atoms with Crippen LogP contribution in [0.15, 0.2) is 29.8 Å². The second-order valence-electron chi connectivity index (χ2n) is 5.51. The minimum Gasteiger partial charge on any atom is -0.462 e. The van der Waals surface area contributed by atoms with Crippen LogP contribution in [0.2, 0.25) is 0 Å². The van der Waals surface area contributed by atoms with Gasteiger partial charge in [-0.15, -0.1) is 11.3 Å². The molecule has 1 aromatic heterocycles. The van der Waals surface area contributed by atoms with E-state index in [0.29, 0.717) is 20.9 Å². The second-order valence-corrected chi connectivity index (χ2v) is 7.86. The number of halogens is 1. The summed E-state index contributed by atoms with van der Waals surface area (Å²) in [6, 6.07) is 11.4. The summed E-state index contributed by atoms with van der Waals surface area (Å²) in [4.78, 5) is 25.4. The average molecular weight is 490 g/mol. The van der Waals surface area contributed by atoms with Crippen LogP contribution in [-0.4, -0.2) is 18.4 Å². The Bertz CT molecular complexity index is 1010. The Hall–Kier alpha value is -2.49. The fraction of sp³-hybridized carbons (Fsp3) is 0.200. The van der Waals surface area contributed by atoms with Crippen LogP contribution in [0.4, 0.5) is 0 Å². The summed E-state index contributed by atoms with van der Waals surface area (Å²) in [5.41, 5.74) is 1.55. The minimum absolute atomic E-state index is 0.00428. The van der Waals surface area contributed by atoms with E-state index < -0.39 is 11.8 Å². The molecule has 0 bridgehead atoms. The van der Waals surface area contributed by atoms with E-state index in [2.05, 4.69) is 22.6 Å². The number of allylic oxidation sites excluding steroid dienone is 1. The van der Waals surface area contributed by atoms with Crippen LogP contribution in [0, 0.1) is 33.2 Å². The topological polar surface area (TPSA) is 90.9 Å². The first-order chi connectivity index (χ1) is 12.9. The first-order valence-electron chi connectivity index (χ1n) is 8.01. The van der Waals surface area contributed by atoms with Crippen molar-refractivity contribution in [2.24, 2.45) is 0 Å². The molecule has 0 aliphatic carbocycles. The molecule has 0 atom stereocenters. The predicted octanol–water partition coefficient (Wildman–Crippen LogP) is 4.43. The molecule has 0 amide bonds. The van der Waals surface area contributed by atoms with Gasteiger partial charge in [0.1, 0.15) is 17.0 Å². The van der Waals surface area contributed by atoms with Gasteiger partial charge in [-0.3, -0.25) is 4.79 Å². The van der Waals surface area contributed by atoms with Crippen molar-refractivity contribution in [1.29, 1.82) is 10.5 Å². The smallest absolute Gasteiger partial charge is 0.348 e. The van der Waals surface area contributed by atoms with Crippen molar-refractivity contribution in [2.45, 2.75) is 20.3 Å². The number of hydrogen-bond acceptors (Lipinski definition) is 6. The molecule has 136 valence electrons. The van der Waals surface area contributed by atoms with Crippen molar-refractivity contribution in [3.63, 3.8) is 0 Å². The Kier molecular flexibility index (Phi) is 7.28. The van der Waals surface area contributed by atoms with Crippen molar-refractivity contribution >= 4 is 51.8 Å². The Labute approximate surface area is 175 Å². The maximum atomic E-state index is 12.6. The summed E-state index contributed by atoms with van der Waals surface area (Å²) >= 11 is 3.22. The summed E-state index contributed by atoms with van der Waals surface area (Å²) < 4.78 is 5.99. The number of carbonyl (C=O) groups excluding carboxylic acids is 2. The molecule has 0 aliphatic heterocycles. The molecule has 0 N–H and O–H groups in total. The molecule has 0 spiro atoms. The van der Waals surface area contributed by atoms with E-state index in [1.165, 1.54) is 6.08 Å². The summed E-state index contributed by atoms with van der Waals surface area (Å²) in [5, 5.41) is 18.8. The highest BCUT2D eigenvalue weighted by Gasteiger charge is 2.23. The Morgan fingerprint density at radius 3 is 2.67 bits per heavy atom. The van der Waals surface area contributed by atoms with E-state index in [0.717, 1.165) is 20.5 Å². The van der Waals surface area contributed by atoms with Gasteiger partial charge in [-0.25, -0.2) is 4.79 Å². The maximum absolute atomic E-state index is 12.6. The number of ketones is 1. The second kappa shape index (κ2) is 9.45. The molecule has 0 unspecified atom stereocenters. The Morgan fingerprint density at radius 1 is 1.33 bits per heavy atom. The lowest BCUT2D eigenvalue weighted by atomic mass is 10.0. The summed E-state index contributed by atoms with van der Waals surface area (Å²) in [5.74, 6) is -0.908. The van der Waals surface area contributed by atoms with Gasteiger partial charge in [-0.1, -0.05) is 12.1 Å².